The summed E-state index contributed by atoms with van der Waals surface area (Å²) in [4.78, 5) is 26.7. The van der Waals surface area contributed by atoms with Gasteiger partial charge in [-0.05, 0) is 55.7 Å². The summed E-state index contributed by atoms with van der Waals surface area (Å²) in [5.41, 5.74) is 6.39. The topological polar surface area (TPSA) is 106 Å². The predicted octanol–water partition coefficient (Wildman–Crippen LogP) is 3.28. The highest BCUT2D eigenvalue weighted by Crippen LogP contribution is 2.40. The molecule has 0 aliphatic carbocycles. The maximum absolute atomic E-state index is 16.0. The van der Waals surface area contributed by atoms with E-state index < -0.39 is 24.2 Å². The lowest BCUT2D eigenvalue weighted by molar-refractivity contribution is -0.117. The zero-order valence-corrected chi connectivity index (χ0v) is 23.2. The molecule has 7 rings (SSSR count). The number of para-hydroxylation sites is 1. The van der Waals surface area contributed by atoms with Gasteiger partial charge in [-0.25, -0.2) is 23.5 Å². The molecule has 1 atom stereocenters. The highest BCUT2D eigenvalue weighted by atomic mass is 19.3. The van der Waals surface area contributed by atoms with E-state index in [0.29, 0.717) is 29.8 Å². The van der Waals surface area contributed by atoms with E-state index in [9.17, 15) is 4.79 Å². The van der Waals surface area contributed by atoms with Crippen molar-refractivity contribution in [3.8, 4) is 17.2 Å². The number of nitrogen functional groups attached to an aromatic ring is 1. The van der Waals surface area contributed by atoms with Gasteiger partial charge in [0.15, 0.2) is 11.5 Å². The second kappa shape index (κ2) is 10.8. The van der Waals surface area contributed by atoms with Crippen LogP contribution in [0, 0.1) is 0 Å². The molecule has 0 unspecified atom stereocenters. The summed E-state index contributed by atoms with van der Waals surface area (Å²) in [7, 11) is 0. The molecule has 220 valence electrons. The van der Waals surface area contributed by atoms with Gasteiger partial charge in [0.25, 0.3) is 5.92 Å². The van der Waals surface area contributed by atoms with Crippen molar-refractivity contribution in [1.29, 1.82) is 0 Å². The average Bonchev–Trinajstić information content (AvgIpc) is 3.25. The molecule has 3 fully saturated rings. The van der Waals surface area contributed by atoms with Crippen molar-refractivity contribution in [1.82, 2.24) is 34.2 Å². The van der Waals surface area contributed by atoms with Gasteiger partial charge in [-0.1, -0.05) is 18.2 Å². The summed E-state index contributed by atoms with van der Waals surface area (Å²) in [5, 5.41) is 3.30. The first-order valence-corrected chi connectivity index (χ1v) is 14.5. The fourth-order valence-corrected chi connectivity index (χ4v) is 6.61. The predicted molar refractivity (Wildman–Crippen MR) is 155 cm³/mol. The van der Waals surface area contributed by atoms with Gasteiger partial charge in [0.2, 0.25) is 0 Å². The first kappa shape index (κ1) is 27.0. The smallest absolute Gasteiger partial charge is 0.335 e. The summed E-state index contributed by atoms with van der Waals surface area (Å²) < 4.78 is 40.3. The molecule has 0 spiro atoms. The number of ether oxygens (including phenoxy) is 1. The van der Waals surface area contributed by atoms with Gasteiger partial charge in [-0.3, -0.25) is 18.9 Å². The molecule has 3 aliphatic heterocycles. The number of rotatable bonds is 6. The van der Waals surface area contributed by atoms with Gasteiger partial charge in [0, 0.05) is 44.8 Å². The monoisotopic (exact) mass is 576 g/mol. The molecule has 2 aromatic heterocycles. The normalized spacial score (nSPS) is 22.3. The van der Waals surface area contributed by atoms with Crippen molar-refractivity contribution in [2.45, 2.75) is 43.3 Å². The third-order valence-electron chi connectivity index (χ3n) is 8.95. The molecular formula is C30H34F2N8O2. The molecule has 2 aromatic carbocycles. The summed E-state index contributed by atoms with van der Waals surface area (Å²) >= 11 is 0. The largest absolute Gasteiger partial charge is 0.457 e. The van der Waals surface area contributed by atoms with Crippen LogP contribution in [0.15, 0.2) is 65.7 Å². The van der Waals surface area contributed by atoms with Crippen molar-refractivity contribution in [2.24, 2.45) is 0 Å². The van der Waals surface area contributed by atoms with Crippen molar-refractivity contribution in [2.75, 3.05) is 45.0 Å². The molecule has 0 radical (unpaired) electrons. The molecule has 12 heteroatoms. The Balaban J connectivity index is 1.16. The number of anilines is 1. The van der Waals surface area contributed by atoms with Gasteiger partial charge in [0.05, 0.1) is 12.2 Å². The van der Waals surface area contributed by atoms with Crippen LogP contribution in [0.4, 0.5) is 14.6 Å². The Bertz CT molecular complexity index is 1610. The van der Waals surface area contributed by atoms with E-state index in [0.717, 1.165) is 43.6 Å². The van der Waals surface area contributed by atoms with E-state index in [1.807, 2.05) is 35.2 Å². The quantitative estimate of drug-likeness (QED) is 0.360. The highest BCUT2D eigenvalue weighted by Gasteiger charge is 2.49. The van der Waals surface area contributed by atoms with Gasteiger partial charge in [-0.2, -0.15) is 0 Å². The van der Waals surface area contributed by atoms with E-state index >= 15 is 8.78 Å². The van der Waals surface area contributed by atoms with E-state index in [4.69, 9.17) is 10.5 Å². The summed E-state index contributed by atoms with van der Waals surface area (Å²) in [6.07, 6.45) is 3.11. The number of nitrogens with two attached hydrogens (primary N) is 1. The van der Waals surface area contributed by atoms with Crippen LogP contribution in [-0.4, -0.2) is 86.2 Å². The Morgan fingerprint density at radius 1 is 0.881 bits per heavy atom. The maximum Gasteiger partial charge on any atom is 0.335 e. The molecule has 3 saturated heterocycles. The van der Waals surface area contributed by atoms with Crippen molar-refractivity contribution >= 4 is 17.0 Å². The van der Waals surface area contributed by atoms with E-state index in [1.165, 1.54) is 10.9 Å². The molecule has 4 aromatic rings. The number of piperidine rings is 2. The lowest BCUT2D eigenvalue weighted by Crippen LogP contribution is -2.61. The number of nitrogens with one attached hydrogen (secondary N) is 1. The van der Waals surface area contributed by atoms with Crippen LogP contribution in [0.1, 0.15) is 25.3 Å². The van der Waals surface area contributed by atoms with Gasteiger partial charge < -0.3 is 15.8 Å². The second-order valence-corrected chi connectivity index (χ2v) is 11.4. The number of hydrogen-bond acceptors (Lipinski definition) is 8. The van der Waals surface area contributed by atoms with Crippen LogP contribution in [0.3, 0.4) is 0 Å². The van der Waals surface area contributed by atoms with Crippen molar-refractivity contribution < 1.29 is 13.5 Å². The zero-order chi connectivity index (χ0) is 28.8. The number of aromatic nitrogens is 4. The summed E-state index contributed by atoms with van der Waals surface area (Å²) in [6.45, 7) is 3.98. The summed E-state index contributed by atoms with van der Waals surface area (Å²) in [6, 6.07) is 15.5. The number of fused-ring (bicyclic) bond motifs is 1. The molecule has 0 amide bonds. The van der Waals surface area contributed by atoms with Crippen LogP contribution in [0.5, 0.6) is 11.5 Å². The van der Waals surface area contributed by atoms with Crippen LogP contribution < -0.4 is 21.5 Å². The lowest BCUT2D eigenvalue weighted by Gasteiger charge is -2.47. The van der Waals surface area contributed by atoms with Crippen molar-refractivity contribution in [3.63, 3.8) is 0 Å². The van der Waals surface area contributed by atoms with Gasteiger partial charge >= 0.3 is 5.69 Å². The molecule has 3 N–H and O–H groups in total. The number of imidazole rings is 1. The van der Waals surface area contributed by atoms with Crippen LogP contribution >= 0.6 is 0 Å². The minimum Gasteiger partial charge on any atom is -0.457 e. The SMILES string of the molecule is Nc1ncnc2c1n(-c1ccc(Oc3ccccc3)cc1)c(=O)n2[C@@H]1CCN(C2CCN(C3CNC3)CC2)CC1(F)F. The Morgan fingerprint density at radius 2 is 1.57 bits per heavy atom. The standard InChI is InChI=1S/C30H34F2N8O2/c31-30(32)18-38(20-10-13-37(14-11-20)22-16-34-17-22)15-12-25(30)40-28-26(27(33)35-19-36-28)39(29(40)41)21-6-8-24(9-7-21)42-23-4-2-1-3-5-23/h1-9,19-20,22,25,34H,10-18H2,(H2,33,35,36)/t25-/m1/s1. The van der Waals surface area contributed by atoms with Gasteiger partial charge in [0.1, 0.15) is 29.4 Å². The lowest BCUT2D eigenvalue weighted by atomic mass is 9.94. The minimum absolute atomic E-state index is 0.0506. The number of likely N-dealkylation sites (tertiary alicyclic amines) is 2. The molecular weight excluding hydrogens is 542 g/mol. The highest BCUT2D eigenvalue weighted by molar-refractivity contribution is 5.84. The summed E-state index contributed by atoms with van der Waals surface area (Å²) in [5.74, 6) is -1.84. The molecule has 5 heterocycles. The van der Waals surface area contributed by atoms with Crippen LogP contribution in [-0.2, 0) is 0 Å². The maximum atomic E-state index is 16.0. The fourth-order valence-electron chi connectivity index (χ4n) is 6.61. The molecule has 10 nitrogen and oxygen atoms in total. The van der Waals surface area contributed by atoms with E-state index in [-0.39, 0.29) is 29.4 Å². The van der Waals surface area contributed by atoms with E-state index in [1.54, 1.807) is 24.3 Å². The Kier molecular flexibility index (Phi) is 6.91. The fraction of sp³-hybridized carbons (Fsp3) is 0.433. The average molecular weight is 577 g/mol. The minimum atomic E-state index is -3.14. The molecule has 42 heavy (non-hydrogen) atoms. The van der Waals surface area contributed by atoms with E-state index in [2.05, 4.69) is 20.2 Å². The van der Waals surface area contributed by atoms with Crippen molar-refractivity contribution in [3.05, 3.63) is 71.4 Å². The Morgan fingerprint density at radius 3 is 2.24 bits per heavy atom. The number of halogens is 2. The Hall–Kier alpha value is -3.87. The number of benzene rings is 2. The first-order chi connectivity index (χ1) is 20.4. The van der Waals surface area contributed by atoms with Crippen LogP contribution in [0.2, 0.25) is 0 Å². The number of hydrogen-bond donors (Lipinski definition) is 2. The molecule has 0 bridgehead atoms. The number of nitrogens with zero attached hydrogens (tertiary/aromatic N) is 6. The zero-order valence-electron chi connectivity index (χ0n) is 23.2. The number of alkyl halides is 2. The second-order valence-electron chi connectivity index (χ2n) is 11.4. The third kappa shape index (κ3) is 4.83. The first-order valence-electron chi connectivity index (χ1n) is 14.5. The third-order valence-corrected chi connectivity index (χ3v) is 8.95. The Labute approximate surface area is 241 Å². The molecule has 3 aliphatic rings. The molecule has 0 saturated carbocycles. The van der Waals surface area contributed by atoms with Crippen LogP contribution in [0.25, 0.3) is 16.9 Å². The van der Waals surface area contributed by atoms with Gasteiger partial charge in [-0.15, -0.1) is 0 Å².